The Morgan fingerprint density at radius 1 is 1.29 bits per heavy atom. The Morgan fingerprint density at radius 2 is 2.06 bits per heavy atom. The lowest BCUT2D eigenvalue weighted by atomic mass is 10.1. The Bertz CT molecular complexity index is 493. The van der Waals surface area contributed by atoms with Gasteiger partial charge in [-0.3, -0.25) is 0 Å². The van der Waals surface area contributed by atoms with Crippen molar-refractivity contribution < 1.29 is 0 Å². The molecule has 3 nitrogen and oxygen atoms in total. The third kappa shape index (κ3) is 2.50. The van der Waals surface area contributed by atoms with Crippen molar-refractivity contribution in [2.24, 2.45) is 0 Å². The molecule has 0 spiro atoms. The van der Waals surface area contributed by atoms with E-state index in [1.54, 1.807) is 0 Å². The van der Waals surface area contributed by atoms with Crippen molar-refractivity contribution in [1.82, 2.24) is 10.2 Å². The molecular formula is C13H16ClN3. The van der Waals surface area contributed by atoms with Gasteiger partial charge in [0.1, 0.15) is 0 Å². The zero-order valence-corrected chi connectivity index (χ0v) is 10.9. The predicted octanol–water partition coefficient (Wildman–Crippen LogP) is 3.08. The SMILES string of the molecule is CC(C)N(CCCl)c1cnnc2ccccc12. The highest BCUT2D eigenvalue weighted by Crippen LogP contribution is 2.25. The summed E-state index contributed by atoms with van der Waals surface area (Å²) in [7, 11) is 0. The Balaban J connectivity index is 2.52. The number of nitrogens with zero attached hydrogens (tertiary/aromatic N) is 3. The lowest BCUT2D eigenvalue weighted by Crippen LogP contribution is -2.32. The summed E-state index contributed by atoms with van der Waals surface area (Å²) in [5.41, 5.74) is 2.02. The van der Waals surface area contributed by atoms with Crippen LogP contribution in [0.15, 0.2) is 30.5 Å². The zero-order chi connectivity index (χ0) is 12.3. The highest BCUT2D eigenvalue weighted by Gasteiger charge is 2.13. The van der Waals surface area contributed by atoms with Gasteiger partial charge < -0.3 is 4.90 Å². The molecule has 0 radical (unpaired) electrons. The Morgan fingerprint density at radius 3 is 2.76 bits per heavy atom. The van der Waals surface area contributed by atoms with Gasteiger partial charge in [0.2, 0.25) is 0 Å². The monoisotopic (exact) mass is 249 g/mol. The van der Waals surface area contributed by atoms with E-state index in [1.807, 2.05) is 24.4 Å². The van der Waals surface area contributed by atoms with Gasteiger partial charge in [0, 0.05) is 23.9 Å². The smallest absolute Gasteiger partial charge is 0.0950 e. The minimum absolute atomic E-state index is 0.390. The highest BCUT2D eigenvalue weighted by molar-refractivity contribution is 6.18. The summed E-state index contributed by atoms with van der Waals surface area (Å²) in [6, 6.07) is 8.43. The minimum atomic E-state index is 0.390. The molecule has 0 saturated heterocycles. The Hall–Kier alpha value is -1.35. The maximum atomic E-state index is 5.86. The van der Waals surface area contributed by atoms with Crippen LogP contribution >= 0.6 is 11.6 Å². The van der Waals surface area contributed by atoms with Crippen molar-refractivity contribution >= 4 is 28.2 Å². The van der Waals surface area contributed by atoms with Gasteiger partial charge in [0.15, 0.2) is 0 Å². The van der Waals surface area contributed by atoms with Crippen molar-refractivity contribution in [3.63, 3.8) is 0 Å². The van der Waals surface area contributed by atoms with Gasteiger partial charge in [-0.1, -0.05) is 18.2 Å². The molecule has 2 aromatic rings. The fraction of sp³-hybridized carbons (Fsp3) is 0.385. The van der Waals surface area contributed by atoms with E-state index in [2.05, 4.69) is 35.0 Å². The number of aromatic nitrogens is 2. The van der Waals surface area contributed by atoms with Gasteiger partial charge in [-0.15, -0.1) is 11.6 Å². The lowest BCUT2D eigenvalue weighted by molar-refractivity contribution is 0.705. The van der Waals surface area contributed by atoms with Gasteiger partial charge in [-0.2, -0.15) is 10.2 Å². The first kappa shape index (κ1) is 12.1. The van der Waals surface area contributed by atoms with Gasteiger partial charge in [0.05, 0.1) is 17.4 Å². The molecule has 1 aromatic carbocycles. The fourth-order valence-corrected chi connectivity index (χ4v) is 2.15. The summed E-state index contributed by atoms with van der Waals surface area (Å²) in [6.45, 7) is 5.12. The molecule has 0 amide bonds. The fourth-order valence-electron chi connectivity index (χ4n) is 1.97. The molecule has 0 unspecified atom stereocenters. The average Bonchev–Trinajstić information content (AvgIpc) is 2.35. The number of benzene rings is 1. The number of halogens is 1. The largest absolute Gasteiger partial charge is 0.366 e. The molecule has 90 valence electrons. The Kier molecular flexibility index (Phi) is 3.79. The van der Waals surface area contributed by atoms with Gasteiger partial charge in [-0.25, -0.2) is 0 Å². The van der Waals surface area contributed by atoms with Gasteiger partial charge >= 0.3 is 0 Å². The maximum absolute atomic E-state index is 5.86. The molecule has 0 N–H and O–H groups in total. The third-order valence-electron chi connectivity index (χ3n) is 2.78. The molecule has 0 fully saturated rings. The summed E-state index contributed by atoms with van der Waals surface area (Å²) < 4.78 is 0. The molecule has 4 heteroatoms. The first-order chi connectivity index (χ1) is 8.24. The second-order valence-electron chi connectivity index (χ2n) is 4.22. The van der Waals surface area contributed by atoms with Crippen molar-refractivity contribution in [1.29, 1.82) is 0 Å². The predicted molar refractivity (Wildman–Crippen MR) is 72.7 cm³/mol. The van der Waals surface area contributed by atoms with E-state index in [0.717, 1.165) is 23.1 Å². The van der Waals surface area contributed by atoms with Crippen LogP contribution in [-0.4, -0.2) is 28.7 Å². The van der Waals surface area contributed by atoms with E-state index in [9.17, 15) is 0 Å². The normalized spacial score (nSPS) is 11.1. The molecule has 0 aliphatic heterocycles. The van der Waals surface area contributed by atoms with E-state index >= 15 is 0 Å². The van der Waals surface area contributed by atoms with E-state index in [0.29, 0.717) is 11.9 Å². The maximum Gasteiger partial charge on any atom is 0.0950 e. The van der Waals surface area contributed by atoms with Crippen molar-refractivity contribution in [2.75, 3.05) is 17.3 Å². The first-order valence-corrected chi connectivity index (χ1v) is 6.30. The topological polar surface area (TPSA) is 29.0 Å². The molecule has 0 bridgehead atoms. The number of fused-ring (bicyclic) bond motifs is 1. The molecule has 0 saturated carbocycles. The standard InChI is InChI=1S/C13H16ClN3/c1-10(2)17(8-7-14)13-9-15-16-12-6-4-3-5-11(12)13/h3-6,9-10H,7-8H2,1-2H3. The van der Waals surface area contributed by atoms with Crippen LogP contribution in [0.4, 0.5) is 5.69 Å². The van der Waals surface area contributed by atoms with Gasteiger partial charge in [0.25, 0.3) is 0 Å². The van der Waals surface area contributed by atoms with Crippen LogP contribution in [0.1, 0.15) is 13.8 Å². The van der Waals surface area contributed by atoms with Gasteiger partial charge in [-0.05, 0) is 19.9 Å². The Labute approximate surface area is 106 Å². The van der Waals surface area contributed by atoms with Crippen LogP contribution in [-0.2, 0) is 0 Å². The molecule has 1 heterocycles. The van der Waals surface area contributed by atoms with E-state index in [1.165, 1.54) is 0 Å². The number of anilines is 1. The minimum Gasteiger partial charge on any atom is -0.366 e. The quantitative estimate of drug-likeness (QED) is 0.780. The average molecular weight is 250 g/mol. The first-order valence-electron chi connectivity index (χ1n) is 5.77. The summed E-state index contributed by atoms with van der Waals surface area (Å²) in [5, 5.41) is 9.32. The second kappa shape index (κ2) is 5.32. The molecule has 0 aliphatic carbocycles. The van der Waals surface area contributed by atoms with Crippen LogP contribution in [0.5, 0.6) is 0 Å². The summed E-state index contributed by atoms with van der Waals surface area (Å²) in [6.07, 6.45) is 1.81. The van der Waals surface area contributed by atoms with Crippen LogP contribution in [0.3, 0.4) is 0 Å². The third-order valence-corrected chi connectivity index (χ3v) is 2.95. The zero-order valence-electron chi connectivity index (χ0n) is 10.1. The lowest BCUT2D eigenvalue weighted by Gasteiger charge is -2.28. The van der Waals surface area contributed by atoms with Crippen LogP contribution < -0.4 is 4.90 Å². The second-order valence-corrected chi connectivity index (χ2v) is 4.60. The van der Waals surface area contributed by atoms with E-state index in [-0.39, 0.29) is 0 Å². The van der Waals surface area contributed by atoms with Crippen molar-refractivity contribution in [3.05, 3.63) is 30.5 Å². The van der Waals surface area contributed by atoms with Crippen molar-refractivity contribution in [3.8, 4) is 0 Å². The number of hydrogen-bond donors (Lipinski definition) is 0. The summed E-state index contributed by atoms with van der Waals surface area (Å²) in [5.74, 6) is 0.606. The number of rotatable bonds is 4. The number of hydrogen-bond acceptors (Lipinski definition) is 3. The molecule has 17 heavy (non-hydrogen) atoms. The summed E-state index contributed by atoms with van der Waals surface area (Å²) >= 11 is 5.86. The van der Waals surface area contributed by atoms with E-state index < -0.39 is 0 Å². The molecule has 1 aromatic heterocycles. The highest BCUT2D eigenvalue weighted by atomic mass is 35.5. The van der Waals surface area contributed by atoms with Crippen molar-refractivity contribution in [2.45, 2.75) is 19.9 Å². The molecular weight excluding hydrogens is 234 g/mol. The molecule has 0 aliphatic rings. The molecule has 0 atom stereocenters. The van der Waals surface area contributed by atoms with E-state index in [4.69, 9.17) is 11.6 Å². The van der Waals surface area contributed by atoms with Crippen LogP contribution in [0, 0.1) is 0 Å². The summed E-state index contributed by atoms with van der Waals surface area (Å²) in [4.78, 5) is 2.25. The van der Waals surface area contributed by atoms with Crippen LogP contribution in [0.2, 0.25) is 0 Å². The van der Waals surface area contributed by atoms with Crippen LogP contribution in [0.25, 0.3) is 10.9 Å². The number of alkyl halides is 1. The molecule has 2 rings (SSSR count).